The van der Waals surface area contributed by atoms with E-state index in [0.717, 1.165) is 16.8 Å². The van der Waals surface area contributed by atoms with Gasteiger partial charge < -0.3 is 5.73 Å². The summed E-state index contributed by atoms with van der Waals surface area (Å²) in [4.78, 5) is 4.55. The average Bonchev–Trinajstić information content (AvgIpc) is 2.70. The number of imidazole rings is 1. The molecule has 0 saturated heterocycles. The Morgan fingerprint density at radius 1 is 1.17 bits per heavy atom. The number of benzene rings is 1. The molecule has 0 bridgehead atoms. The molecule has 0 saturated carbocycles. The summed E-state index contributed by atoms with van der Waals surface area (Å²) in [5.41, 5.74) is 9.80. The van der Waals surface area contributed by atoms with Crippen molar-refractivity contribution in [1.82, 2.24) is 9.38 Å². The van der Waals surface area contributed by atoms with Gasteiger partial charge in [-0.1, -0.05) is 35.9 Å². The molecule has 0 unspecified atom stereocenters. The van der Waals surface area contributed by atoms with Crippen molar-refractivity contribution in [3.05, 3.63) is 53.2 Å². The van der Waals surface area contributed by atoms with Gasteiger partial charge in [0.05, 0.1) is 5.02 Å². The minimum absolute atomic E-state index is 0.601. The third-order valence-corrected chi connectivity index (χ3v) is 3.33. The van der Waals surface area contributed by atoms with Crippen LogP contribution in [0.1, 0.15) is 5.56 Å². The van der Waals surface area contributed by atoms with Crippen LogP contribution in [-0.4, -0.2) is 9.38 Å². The monoisotopic (exact) mass is 257 g/mol. The number of hydrogen-bond donors (Lipinski definition) is 1. The zero-order valence-electron chi connectivity index (χ0n) is 9.89. The zero-order valence-corrected chi connectivity index (χ0v) is 10.6. The molecule has 3 nitrogen and oxygen atoms in total. The SMILES string of the molecule is Cc1ccccc1-c1nc2c(Cl)cccn2c1N. The Hall–Kier alpha value is -2.00. The van der Waals surface area contributed by atoms with E-state index in [0.29, 0.717) is 16.5 Å². The third-order valence-electron chi connectivity index (χ3n) is 3.04. The van der Waals surface area contributed by atoms with Gasteiger partial charge in [0.25, 0.3) is 0 Å². The number of nitrogens with two attached hydrogens (primary N) is 1. The highest BCUT2D eigenvalue weighted by Crippen LogP contribution is 2.30. The summed E-state index contributed by atoms with van der Waals surface area (Å²) in [5.74, 6) is 0.613. The van der Waals surface area contributed by atoms with E-state index in [1.54, 1.807) is 0 Å². The molecule has 2 aromatic heterocycles. The zero-order chi connectivity index (χ0) is 12.7. The molecule has 0 aliphatic heterocycles. The maximum absolute atomic E-state index is 6.15. The number of hydrogen-bond acceptors (Lipinski definition) is 2. The summed E-state index contributed by atoms with van der Waals surface area (Å²) in [5, 5.41) is 0.601. The van der Waals surface area contributed by atoms with Crippen LogP contribution in [0.5, 0.6) is 0 Å². The van der Waals surface area contributed by atoms with Crippen LogP contribution in [0.15, 0.2) is 42.6 Å². The standard InChI is InChI=1S/C14H12ClN3/c1-9-5-2-3-6-10(9)12-13(16)18-8-4-7-11(15)14(18)17-12/h2-8H,16H2,1H3. The number of rotatable bonds is 1. The maximum atomic E-state index is 6.15. The minimum Gasteiger partial charge on any atom is -0.383 e. The molecule has 18 heavy (non-hydrogen) atoms. The highest BCUT2D eigenvalue weighted by atomic mass is 35.5. The van der Waals surface area contributed by atoms with Crippen LogP contribution in [0.25, 0.3) is 16.9 Å². The van der Waals surface area contributed by atoms with Crippen LogP contribution < -0.4 is 5.73 Å². The highest BCUT2D eigenvalue weighted by molar-refractivity contribution is 6.33. The van der Waals surface area contributed by atoms with E-state index in [1.165, 1.54) is 0 Å². The highest BCUT2D eigenvalue weighted by Gasteiger charge is 2.14. The molecule has 4 heteroatoms. The number of nitrogens with zero attached hydrogens (tertiary/aromatic N) is 2. The summed E-state index contributed by atoms with van der Waals surface area (Å²) in [6, 6.07) is 11.7. The summed E-state index contributed by atoms with van der Waals surface area (Å²) < 4.78 is 1.81. The van der Waals surface area contributed by atoms with Crippen molar-refractivity contribution in [3.63, 3.8) is 0 Å². The first kappa shape index (κ1) is 11.1. The van der Waals surface area contributed by atoms with E-state index in [1.807, 2.05) is 53.9 Å². The molecule has 0 aliphatic rings. The van der Waals surface area contributed by atoms with Gasteiger partial charge in [0.15, 0.2) is 5.65 Å². The van der Waals surface area contributed by atoms with Gasteiger partial charge in [0, 0.05) is 11.8 Å². The number of pyridine rings is 1. The number of halogens is 1. The van der Waals surface area contributed by atoms with Crippen molar-refractivity contribution in [2.45, 2.75) is 6.92 Å². The van der Waals surface area contributed by atoms with E-state index in [4.69, 9.17) is 17.3 Å². The Bertz CT molecular complexity index is 731. The fourth-order valence-corrected chi connectivity index (χ4v) is 2.30. The van der Waals surface area contributed by atoms with Crippen molar-refractivity contribution in [3.8, 4) is 11.3 Å². The maximum Gasteiger partial charge on any atom is 0.157 e. The molecule has 0 radical (unpaired) electrons. The van der Waals surface area contributed by atoms with Crippen LogP contribution in [-0.2, 0) is 0 Å². The van der Waals surface area contributed by atoms with Gasteiger partial charge in [-0.05, 0) is 24.6 Å². The van der Waals surface area contributed by atoms with Crippen LogP contribution in [0.2, 0.25) is 5.02 Å². The molecule has 1 aromatic carbocycles. The lowest BCUT2D eigenvalue weighted by molar-refractivity contribution is 1.20. The van der Waals surface area contributed by atoms with Gasteiger partial charge in [0.1, 0.15) is 11.5 Å². The van der Waals surface area contributed by atoms with E-state index < -0.39 is 0 Å². The molecule has 0 spiro atoms. The smallest absolute Gasteiger partial charge is 0.157 e. The first-order valence-corrected chi connectivity index (χ1v) is 6.04. The first-order chi connectivity index (χ1) is 8.68. The number of fused-ring (bicyclic) bond motifs is 1. The average molecular weight is 258 g/mol. The molecule has 3 aromatic rings. The van der Waals surface area contributed by atoms with E-state index >= 15 is 0 Å². The number of nitrogen functional groups attached to an aromatic ring is 1. The number of aryl methyl sites for hydroxylation is 1. The lowest BCUT2D eigenvalue weighted by Gasteiger charge is -2.02. The van der Waals surface area contributed by atoms with Gasteiger partial charge in [-0.15, -0.1) is 0 Å². The molecule has 2 heterocycles. The quantitative estimate of drug-likeness (QED) is 0.725. The Morgan fingerprint density at radius 2 is 1.94 bits per heavy atom. The second kappa shape index (κ2) is 4.03. The topological polar surface area (TPSA) is 43.3 Å². The molecular formula is C14H12ClN3. The van der Waals surface area contributed by atoms with Gasteiger partial charge in [0.2, 0.25) is 0 Å². The van der Waals surface area contributed by atoms with Crippen molar-refractivity contribution in [2.75, 3.05) is 5.73 Å². The Labute approximate surface area is 110 Å². The van der Waals surface area contributed by atoms with E-state index in [9.17, 15) is 0 Å². The van der Waals surface area contributed by atoms with E-state index in [-0.39, 0.29) is 0 Å². The molecule has 0 fully saturated rings. The van der Waals surface area contributed by atoms with Gasteiger partial charge in [-0.3, -0.25) is 4.40 Å². The Kier molecular flexibility index (Phi) is 2.49. The molecule has 0 atom stereocenters. The molecule has 90 valence electrons. The van der Waals surface area contributed by atoms with Gasteiger partial charge in [-0.2, -0.15) is 0 Å². The molecule has 0 aliphatic carbocycles. The van der Waals surface area contributed by atoms with Crippen molar-refractivity contribution in [2.24, 2.45) is 0 Å². The van der Waals surface area contributed by atoms with Crippen LogP contribution in [0.4, 0.5) is 5.82 Å². The largest absolute Gasteiger partial charge is 0.383 e. The molecule has 0 amide bonds. The summed E-state index contributed by atoms with van der Waals surface area (Å²) in [6.07, 6.45) is 1.87. The molecular weight excluding hydrogens is 246 g/mol. The van der Waals surface area contributed by atoms with Crippen molar-refractivity contribution in [1.29, 1.82) is 0 Å². The van der Waals surface area contributed by atoms with Crippen LogP contribution >= 0.6 is 11.6 Å². The molecule has 3 rings (SSSR count). The van der Waals surface area contributed by atoms with Crippen molar-refractivity contribution >= 4 is 23.1 Å². The normalized spacial score (nSPS) is 11.0. The lowest BCUT2D eigenvalue weighted by Crippen LogP contribution is -1.94. The predicted molar refractivity (Wildman–Crippen MR) is 74.8 cm³/mol. The van der Waals surface area contributed by atoms with Gasteiger partial charge in [-0.25, -0.2) is 4.98 Å². The summed E-state index contributed by atoms with van der Waals surface area (Å²) >= 11 is 6.13. The van der Waals surface area contributed by atoms with Crippen LogP contribution in [0.3, 0.4) is 0 Å². The number of anilines is 1. The molecule has 2 N–H and O–H groups in total. The Balaban J connectivity index is 2.35. The first-order valence-electron chi connectivity index (χ1n) is 5.66. The lowest BCUT2D eigenvalue weighted by atomic mass is 10.1. The van der Waals surface area contributed by atoms with Crippen molar-refractivity contribution < 1.29 is 0 Å². The fourth-order valence-electron chi connectivity index (χ4n) is 2.09. The second-order valence-corrected chi connectivity index (χ2v) is 4.62. The second-order valence-electron chi connectivity index (χ2n) is 4.21. The summed E-state index contributed by atoms with van der Waals surface area (Å²) in [7, 11) is 0. The number of aromatic nitrogens is 2. The minimum atomic E-state index is 0.601. The Morgan fingerprint density at radius 3 is 2.67 bits per heavy atom. The third kappa shape index (κ3) is 1.56. The van der Waals surface area contributed by atoms with Gasteiger partial charge >= 0.3 is 0 Å². The van der Waals surface area contributed by atoms with E-state index in [2.05, 4.69) is 4.98 Å². The van der Waals surface area contributed by atoms with Crippen LogP contribution in [0, 0.1) is 6.92 Å². The fraction of sp³-hybridized carbons (Fsp3) is 0.0714. The summed E-state index contributed by atoms with van der Waals surface area (Å²) in [6.45, 7) is 2.04. The predicted octanol–water partition coefficient (Wildman–Crippen LogP) is 3.55.